The lowest BCUT2D eigenvalue weighted by molar-refractivity contribution is 0.130. The van der Waals surface area contributed by atoms with Crippen LogP contribution in [0.15, 0.2) is 18.2 Å². The highest BCUT2D eigenvalue weighted by atomic mass is 19.1. The van der Waals surface area contributed by atoms with E-state index in [1.165, 1.54) is 6.07 Å². The van der Waals surface area contributed by atoms with Gasteiger partial charge in [0.05, 0.1) is 13.2 Å². The minimum atomic E-state index is -0.385. The third-order valence-corrected chi connectivity index (χ3v) is 2.16. The Morgan fingerprint density at radius 2 is 2.17 bits per heavy atom. The molecular weight excluding hydrogens is 233 g/mol. The number of hydrogen-bond donors (Lipinski definition) is 1. The van der Waals surface area contributed by atoms with Crippen molar-refractivity contribution in [3.05, 3.63) is 29.6 Å². The monoisotopic (exact) mass is 251 g/mol. The lowest BCUT2D eigenvalue weighted by Crippen LogP contribution is -2.04. The molecule has 0 heterocycles. The summed E-state index contributed by atoms with van der Waals surface area (Å²) in [6.07, 6.45) is 0.728. The zero-order valence-electron chi connectivity index (χ0n) is 10.5. The van der Waals surface area contributed by atoms with Crippen LogP contribution < -0.4 is 10.5 Å². The maximum absolute atomic E-state index is 13.4. The Labute approximate surface area is 107 Å². The second kappa shape index (κ2) is 8.51. The normalized spacial score (nSPS) is 9.72. The van der Waals surface area contributed by atoms with Gasteiger partial charge in [0.15, 0.2) is 11.6 Å². The van der Waals surface area contributed by atoms with Gasteiger partial charge in [0, 0.05) is 25.2 Å². The van der Waals surface area contributed by atoms with E-state index >= 15 is 0 Å². The molecule has 0 saturated heterocycles. The standard InChI is InChI=1S/C14H18FNO2/c1-2-17-9-4-10-18-14-11-12(5-3-8-16)6-7-13(14)15/h6-7,11H,2,4,8-10,16H2,1H3. The van der Waals surface area contributed by atoms with Crippen molar-refractivity contribution in [3.63, 3.8) is 0 Å². The van der Waals surface area contributed by atoms with E-state index < -0.39 is 0 Å². The van der Waals surface area contributed by atoms with E-state index in [1.54, 1.807) is 12.1 Å². The van der Waals surface area contributed by atoms with Crippen LogP contribution in [0.2, 0.25) is 0 Å². The topological polar surface area (TPSA) is 44.5 Å². The van der Waals surface area contributed by atoms with Crippen molar-refractivity contribution in [2.75, 3.05) is 26.4 Å². The van der Waals surface area contributed by atoms with Crippen molar-refractivity contribution < 1.29 is 13.9 Å². The fraction of sp³-hybridized carbons (Fsp3) is 0.429. The minimum Gasteiger partial charge on any atom is -0.490 e. The first-order valence-electron chi connectivity index (χ1n) is 5.97. The van der Waals surface area contributed by atoms with Crippen LogP contribution >= 0.6 is 0 Å². The molecular formula is C14H18FNO2. The summed E-state index contributed by atoms with van der Waals surface area (Å²) in [4.78, 5) is 0. The highest BCUT2D eigenvalue weighted by Gasteiger charge is 2.03. The van der Waals surface area contributed by atoms with Gasteiger partial charge in [0.25, 0.3) is 0 Å². The Hall–Kier alpha value is -1.57. The Kier molecular flexibility index (Phi) is 6.85. The molecule has 0 bridgehead atoms. The smallest absolute Gasteiger partial charge is 0.165 e. The Bertz CT molecular complexity index is 424. The SMILES string of the molecule is CCOCCCOc1cc(C#CCN)ccc1F. The van der Waals surface area contributed by atoms with E-state index in [9.17, 15) is 4.39 Å². The lowest BCUT2D eigenvalue weighted by atomic mass is 10.2. The van der Waals surface area contributed by atoms with Crippen LogP contribution in [0, 0.1) is 17.7 Å². The number of ether oxygens (including phenoxy) is 2. The highest BCUT2D eigenvalue weighted by Crippen LogP contribution is 2.18. The largest absolute Gasteiger partial charge is 0.490 e. The van der Waals surface area contributed by atoms with Crippen molar-refractivity contribution in [1.29, 1.82) is 0 Å². The van der Waals surface area contributed by atoms with E-state index in [1.807, 2.05) is 6.92 Å². The van der Waals surface area contributed by atoms with E-state index in [4.69, 9.17) is 15.2 Å². The fourth-order valence-electron chi connectivity index (χ4n) is 1.33. The Morgan fingerprint density at radius 1 is 1.33 bits per heavy atom. The molecule has 0 spiro atoms. The van der Waals surface area contributed by atoms with E-state index in [-0.39, 0.29) is 18.1 Å². The van der Waals surface area contributed by atoms with E-state index in [0.717, 1.165) is 6.42 Å². The molecule has 0 amide bonds. The molecule has 0 aromatic heterocycles. The van der Waals surface area contributed by atoms with Crippen LogP contribution in [0.5, 0.6) is 5.75 Å². The molecule has 0 aliphatic rings. The summed E-state index contributed by atoms with van der Waals surface area (Å²) in [6.45, 7) is 3.93. The molecule has 0 saturated carbocycles. The molecule has 1 aromatic rings. The molecule has 98 valence electrons. The van der Waals surface area contributed by atoms with E-state index in [0.29, 0.717) is 25.4 Å². The Morgan fingerprint density at radius 3 is 2.89 bits per heavy atom. The number of halogens is 1. The quantitative estimate of drug-likeness (QED) is 0.620. The van der Waals surface area contributed by atoms with Gasteiger partial charge >= 0.3 is 0 Å². The molecule has 0 radical (unpaired) electrons. The molecule has 0 unspecified atom stereocenters. The first-order chi connectivity index (χ1) is 8.77. The summed E-state index contributed by atoms with van der Waals surface area (Å²) in [5.74, 6) is 5.38. The summed E-state index contributed by atoms with van der Waals surface area (Å²) in [7, 11) is 0. The van der Waals surface area contributed by atoms with Gasteiger partial charge in [-0.05, 0) is 25.1 Å². The second-order valence-electron chi connectivity index (χ2n) is 3.55. The predicted octanol–water partition coefficient (Wildman–Crippen LogP) is 1.94. The van der Waals surface area contributed by atoms with Gasteiger partial charge in [-0.15, -0.1) is 0 Å². The third kappa shape index (κ3) is 5.17. The summed E-state index contributed by atoms with van der Waals surface area (Å²) in [6, 6.07) is 4.53. The zero-order chi connectivity index (χ0) is 13.2. The molecule has 0 atom stereocenters. The number of hydrogen-bond acceptors (Lipinski definition) is 3. The van der Waals surface area contributed by atoms with Gasteiger partial charge in [-0.25, -0.2) is 4.39 Å². The van der Waals surface area contributed by atoms with Gasteiger partial charge < -0.3 is 15.2 Å². The lowest BCUT2D eigenvalue weighted by Gasteiger charge is -2.07. The van der Waals surface area contributed by atoms with Gasteiger partial charge in [-0.2, -0.15) is 0 Å². The van der Waals surface area contributed by atoms with Gasteiger partial charge in [-0.3, -0.25) is 0 Å². The average molecular weight is 251 g/mol. The van der Waals surface area contributed by atoms with Crippen LogP contribution in [0.4, 0.5) is 4.39 Å². The first kappa shape index (κ1) is 14.5. The number of benzene rings is 1. The zero-order valence-corrected chi connectivity index (χ0v) is 10.5. The molecule has 4 heteroatoms. The minimum absolute atomic E-state index is 0.218. The van der Waals surface area contributed by atoms with Crippen molar-refractivity contribution in [2.45, 2.75) is 13.3 Å². The fourth-order valence-corrected chi connectivity index (χ4v) is 1.33. The summed E-state index contributed by atoms with van der Waals surface area (Å²) < 4.78 is 24.0. The van der Waals surface area contributed by atoms with Crippen LogP contribution in [-0.4, -0.2) is 26.4 Å². The van der Waals surface area contributed by atoms with Crippen molar-refractivity contribution >= 4 is 0 Å². The summed E-state index contributed by atoms with van der Waals surface area (Å²) >= 11 is 0. The molecule has 3 nitrogen and oxygen atoms in total. The van der Waals surface area contributed by atoms with Crippen molar-refractivity contribution in [3.8, 4) is 17.6 Å². The van der Waals surface area contributed by atoms with E-state index in [2.05, 4.69) is 11.8 Å². The van der Waals surface area contributed by atoms with Crippen LogP contribution in [0.3, 0.4) is 0 Å². The highest BCUT2D eigenvalue weighted by molar-refractivity contribution is 5.40. The average Bonchev–Trinajstić information content (AvgIpc) is 2.39. The Balaban J connectivity index is 2.53. The number of nitrogens with two attached hydrogens (primary N) is 1. The summed E-state index contributed by atoms with van der Waals surface area (Å²) in [5.41, 5.74) is 5.97. The molecule has 1 rings (SSSR count). The van der Waals surface area contributed by atoms with Crippen LogP contribution in [0.1, 0.15) is 18.9 Å². The van der Waals surface area contributed by atoms with Gasteiger partial charge in [-0.1, -0.05) is 11.8 Å². The first-order valence-corrected chi connectivity index (χ1v) is 5.97. The van der Waals surface area contributed by atoms with Crippen LogP contribution in [-0.2, 0) is 4.74 Å². The van der Waals surface area contributed by atoms with Crippen LogP contribution in [0.25, 0.3) is 0 Å². The molecule has 0 aliphatic carbocycles. The third-order valence-electron chi connectivity index (χ3n) is 2.16. The van der Waals surface area contributed by atoms with Crippen molar-refractivity contribution in [1.82, 2.24) is 0 Å². The second-order valence-corrected chi connectivity index (χ2v) is 3.55. The summed E-state index contributed by atoms with van der Waals surface area (Å²) in [5, 5.41) is 0. The maximum atomic E-state index is 13.4. The molecule has 0 aliphatic heterocycles. The number of rotatable bonds is 6. The van der Waals surface area contributed by atoms with Crippen molar-refractivity contribution in [2.24, 2.45) is 5.73 Å². The molecule has 0 fully saturated rings. The molecule has 2 N–H and O–H groups in total. The van der Waals surface area contributed by atoms with Gasteiger partial charge in [0.1, 0.15) is 0 Å². The van der Waals surface area contributed by atoms with Gasteiger partial charge in [0.2, 0.25) is 0 Å². The maximum Gasteiger partial charge on any atom is 0.165 e. The molecule has 1 aromatic carbocycles. The molecule has 18 heavy (non-hydrogen) atoms. The predicted molar refractivity (Wildman–Crippen MR) is 68.9 cm³/mol.